The first kappa shape index (κ1) is 9.92. The Labute approximate surface area is 88.3 Å². The molecule has 0 atom stereocenters. The number of carbonyl (C=O) groups is 1. The summed E-state index contributed by atoms with van der Waals surface area (Å²) in [6.45, 7) is 0. The molecule has 4 nitrogen and oxygen atoms in total. The van der Waals surface area contributed by atoms with Gasteiger partial charge in [-0.25, -0.2) is 9.37 Å². The first-order valence-corrected chi connectivity index (χ1v) is 4.40. The molecule has 0 amide bonds. The molecule has 2 rings (SSSR count). The van der Waals surface area contributed by atoms with Gasteiger partial charge in [-0.05, 0) is 6.07 Å². The van der Waals surface area contributed by atoms with E-state index >= 15 is 0 Å². The summed E-state index contributed by atoms with van der Waals surface area (Å²) in [6, 6.07) is 2.20. The molecule has 1 aromatic heterocycles. The van der Waals surface area contributed by atoms with Gasteiger partial charge in [-0.3, -0.25) is 4.79 Å². The van der Waals surface area contributed by atoms with Crippen LogP contribution in [0.3, 0.4) is 0 Å². The van der Waals surface area contributed by atoms with Gasteiger partial charge in [0.2, 0.25) is 5.89 Å². The Morgan fingerprint density at radius 1 is 1.60 bits per heavy atom. The van der Waals surface area contributed by atoms with Crippen molar-refractivity contribution < 1.29 is 18.7 Å². The lowest BCUT2D eigenvalue weighted by Gasteiger charge is -1.90. The van der Waals surface area contributed by atoms with Crippen molar-refractivity contribution in [3.05, 3.63) is 28.9 Å². The molecule has 0 unspecified atom stereocenters. The summed E-state index contributed by atoms with van der Waals surface area (Å²) in [5.41, 5.74) is 0.422. The molecule has 6 heteroatoms. The van der Waals surface area contributed by atoms with Crippen LogP contribution in [-0.2, 0) is 11.2 Å². The second-order valence-corrected chi connectivity index (χ2v) is 3.32. The van der Waals surface area contributed by atoms with Gasteiger partial charge < -0.3 is 9.52 Å². The van der Waals surface area contributed by atoms with E-state index in [0.29, 0.717) is 0 Å². The number of hydrogen-bond acceptors (Lipinski definition) is 3. The highest BCUT2D eigenvalue weighted by molar-refractivity contribution is 6.34. The number of benzene rings is 1. The van der Waals surface area contributed by atoms with Crippen LogP contribution < -0.4 is 0 Å². The van der Waals surface area contributed by atoms with Crippen LogP contribution in [0.1, 0.15) is 5.89 Å². The van der Waals surface area contributed by atoms with Gasteiger partial charge in [-0.2, -0.15) is 0 Å². The Bertz CT molecular complexity index is 537. The number of aromatic nitrogens is 1. The van der Waals surface area contributed by atoms with E-state index < -0.39 is 11.8 Å². The molecule has 0 bridgehead atoms. The average molecular weight is 230 g/mol. The average Bonchev–Trinajstić information content (AvgIpc) is 2.45. The van der Waals surface area contributed by atoms with Gasteiger partial charge in [0.05, 0.1) is 5.02 Å². The number of halogens is 2. The fraction of sp³-hybridized carbons (Fsp3) is 0.111. The van der Waals surface area contributed by atoms with Crippen LogP contribution in [0.5, 0.6) is 0 Å². The van der Waals surface area contributed by atoms with Crippen molar-refractivity contribution in [3.63, 3.8) is 0 Å². The molecule has 0 radical (unpaired) electrons. The number of hydrogen-bond donors (Lipinski definition) is 1. The van der Waals surface area contributed by atoms with E-state index in [9.17, 15) is 9.18 Å². The first-order chi connectivity index (χ1) is 7.06. The zero-order chi connectivity index (χ0) is 11.0. The standard InChI is InChI=1S/C9H5ClFNO3/c10-5-1-4(11)2-6-9(5)12-7(15-6)3-8(13)14/h1-2H,3H2,(H,13,14). The molecule has 1 heterocycles. The highest BCUT2D eigenvalue weighted by Gasteiger charge is 2.12. The third-order valence-electron chi connectivity index (χ3n) is 1.76. The molecular weight excluding hydrogens is 225 g/mol. The van der Waals surface area contributed by atoms with Crippen LogP contribution in [0, 0.1) is 5.82 Å². The Kier molecular flexibility index (Phi) is 2.32. The molecule has 78 valence electrons. The van der Waals surface area contributed by atoms with Crippen LogP contribution in [0.15, 0.2) is 16.5 Å². The molecule has 2 aromatic rings. The van der Waals surface area contributed by atoms with Gasteiger partial charge in [0.15, 0.2) is 5.58 Å². The molecule has 0 saturated carbocycles. The fourth-order valence-electron chi connectivity index (χ4n) is 1.21. The fourth-order valence-corrected chi connectivity index (χ4v) is 1.45. The topological polar surface area (TPSA) is 63.3 Å². The van der Waals surface area contributed by atoms with E-state index in [0.717, 1.165) is 12.1 Å². The number of nitrogens with zero attached hydrogens (tertiary/aromatic N) is 1. The van der Waals surface area contributed by atoms with Crippen molar-refractivity contribution in [1.82, 2.24) is 4.98 Å². The highest BCUT2D eigenvalue weighted by Crippen LogP contribution is 2.25. The molecule has 1 N–H and O–H groups in total. The van der Waals surface area contributed by atoms with Crippen molar-refractivity contribution in [3.8, 4) is 0 Å². The maximum Gasteiger partial charge on any atom is 0.312 e. The Hall–Kier alpha value is -1.62. The molecule has 1 aromatic carbocycles. The summed E-state index contributed by atoms with van der Waals surface area (Å²) >= 11 is 5.70. The number of aliphatic carboxylic acids is 1. The Morgan fingerprint density at radius 3 is 3.00 bits per heavy atom. The van der Waals surface area contributed by atoms with Crippen molar-refractivity contribution in [2.45, 2.75) is 6.42 Å². The summed E-state index contributed by atoms with van der Waals surface area (Å²) in [4.78, 5) is 14.2. The summed E-state index contributed by atoms with van der Waals surface area (Å²) in [7, 11) is 0. The summed E-state index contributed by atoms with van der Waals surface area (Å²) in [5.74, 6) is -1.62. The second-order valence-electron chi connectivity index (χ2n) is 2.91. The minimum atomic E-state index is -1.07. The van der Waals surface area contributed by atoms with Crippen LogP contribution in [0.4, 0.5) is 4.39 Å². The number of oxazole rings is 1. The Balaban J connectivity index is 2.55. The lowest BCUT2D eigenvalue weighted by Crippen LogP contribution is -1.99. The molecule has 0 aliphatic carbocycles. The highest BCUT2D eigenvalue weighted by atomic mass is 35.5. The van der Waals surface area contributed by atoms with E-state index in [1.807, 2.05) is 0 Å². The molecule has 0 aliphatic heterocycles. The molecular formula is C9H5ClFNO3. The number of carboxylic acids is 1. The third kappa shape index (κ3) is 1.92. The quantitative estimate of drug-likeness (QED) is 0.858. The predicted octanol–water partition coefficient (Wildman–Crippen LogP) is 2.25. The second kappa shape index (κ2) is 3.51. The van der Waals surface area contributed by atoms with Crippen LogP contribution >= 0.6 is 11.6 Å². The SMILES string of the molecule is O=C(O)Cc1nc2c(Cl)cc(F)cc2o1. The monoisotopic (exact) mass is 229 g/mol. The molecule has 0 saturated heterocycles. The van der Waals surface area contributed by atoms with Gasteiger partial charge >= 0.3 is 5.97 Å². The zero-order valence-corrected chi connectivity index (χ0v) is 8.08. The minimum absolute atomic E-state index is 0.00463. The van der Waals surface area contributed by atoms with Crippen molar-refractivity contribution >= 4 is 28.7 Å². The number of fused-ring (bicyclic) bond motifs is 1. The van der Waals surface area contributed by atoms with Gasteiger partial charge in [-0.15, -0.1) is 0 Å². The summed E-state index contributed by atoms with van der Waals surface area (Å²) in [6.07, 6.45) is -0.355. The normalized spacial score (nSPS) is 10.8. The van der Waals surface area contributed by atoms with Crippen LogP contribution in [0.25, 0.3) is 11.1 Å². The number of rotatable bonds is 2. The number of carboxylic acid groups (broad SMARTS) is 1. The predicted molar refractivity (Wildman–Crippen MR) is 50.3 cm³/mol. The van der Waals surface area contributed by atoms with Gasteiger partial charge in [0.25, 0.3) is 0 Å². The van der Waals surface area contributed by atoms with Crippen molar-refractivity contribution in [2.24, 2.45) is 0 Å². The van der Waals surface area contributed by atoms with Gasteiger partial charge in [-0.1, -0.05) is 11.6 Å². The third-order valence-corrected chi connectivity index (χ3v) is 2.05. The van der Waals surface area contributed by atoms with E-state index in [2.05, 4.69) is 4.98 Å². The zero-order valence-electron chi connectivity index (χ0n) is 7.33. The lowest BCUT2D eigenvalue weighted by atomic mass is 10.3. The van der Waals surface area contributed by atoms with Crippen LogP contribution in [0.2, 0.25) is 5.02 Å². The van der Waals surface area contributed by atoms with Gasteiger partial charge in [0.1, 0.15) is 17.8 Å². The van der Waals surface area contributed by atoms with Crippen molar-refractivity contribution in [2.75, 3.05) is 0 Å². The molecule has 0 spiro atoms. The lowest BCUT2D eigenvalue weighted by molar-refractivity contribution is -0.136. The van der Waals surface area contributed by atoms with E-state index in [1.54, 1.807) is 0 Å². The maximum absolute atomic E-state index is 12.9. The maximum atomic E-state index is 12.9. The van der Waals surface area contributed by atoms with Gasteiger partial charge in [0, 0.05) is 6.07 Å². The molecule has 0 fully saturated rings. The van der Waals surface area contributed by atoms with E-state index in [-0.39, 0.29) is 28.4 Å². The smallest absolute Gasteiger partial charge is 0.312 e. The summed E-state index contributed by atoms with van der Waals surface area (Å²) < 4.78 is 17.9. The van der Waals surface area contributed by atoms with E-state index in [4.69, 9.17) is 21.1 Å². The molecule has 15 heavy (non-hydrogen) atoms. The van der Waals surface area contributed by atoms with Crippen molar-refractivity contribution in [1.29, 1.82) is 0 Å². The minimum Gasteiger partial charge on any atom is -0.481 e. The van der Waals surface area contributed by atoms with Crippen LogP contribution in [-0.4, -0.2) is 16.1 Å². The Morgan fingerprint density at radius 2 is 2.33 bits per heavy atom. The first-order valence-electron chi connectivity index (χ1n) is 4.02. The summed E-state index contributed by atoms with van der Waals surface area (Å²) in [5, 5.41) is 8.61. The largest absolute Gasteiger partial charge is 0.481 e. The molecule has 0 aliphatic rings. The van der Waals surface area contributed by atoms with E-state index in [1.165, 1.54) is 0 Å².